The molecule has 0 aromatic rings. The lowest BCUT2D eigenvalue weighted by Crippen LogP contribution is -2.27. The molecule has 0 aromatic heterocycles. The Bertz CT molecular complexity index is 207. The summed E-state index contributed by atoms with van der Waals surface area (Å²) in [6.07, 6.45) is 10.5. The fourth-order valence-corrected chi connectivity index (χ4v) is 2.29. The van der Waals surface area contributed by atoms with Gasteiger partial charge in [0.2, 0.25) is 0 Å². The minimum atomic E-state index is -0.669. The van der Waals surface area contributed by atoms with Crippen molar-refractivity contribution in [1.82, 2.24) is 0 Å². The Morgan fingerprint density at radius 3 is 2.17 bits per heavy atom. The molecule has 0 fully saturated rings. The summed E-state index contributed by atoms with van der Waals surface area (Å²) >= 11 is 0. The molecular weight excluding hydrogens is 226 g/mol. The molecule has 0 saturated heterocycles. The number of rotatable bonds is 12. The summed E-state index contributed by atoms with van der Waals surface area (Å²) in [5.74, 6) is -0.907. The van der Waals surface area contributed by atoms with Crippen LogP contribution in [0, 0.1) is 5.92 Å². The van der Waals surface area contributed by atoms with Crippen LogP contribution in [0.5, 0.6) is 0 Å². The van der Waals surface area contributed by atoms with Gasteiger partial charge in [0.25, 0.3) is 0 Å². The van der Waals surface area contributed by atoms with Gasteiger partial charge in [-0.25, -0.2) is 0 Å². The normalized spacial score (nSPS) is 14.4. The number of carboxylic acid groups (broad SMARTS) is 1. The molecular formula is C15H31NO2. The number of carbonyl (C=O) groups is 1. The summed E-state index contributed by atoms with van der Waals surface area (Å²) in [6, 6.07) is 0.0571. The van der Waals surface area contributed by atoms with E-state index in [0.717, 1.165) is 38.5 Å². The number of aliphatic carboxylic acids is 1. The van der Waals surface area contributed by atoms with Crippen LogP contribution < -0.4 is 5.73 Å². The van der Waals surface area contributed by atoms with E-state index in [-0.39, 0.29) is 12.0 Å². The first kappa shape index (κ1) is 17.4. The monoisotopic (exact) mass is 257 g/mol. The Morgan fingerprint density at radius 2 is 1.61 bits per heavy atom. The van der Waals surface area contributed by atoms with E-state index in [4.69, 9.17) is 5.73 Å². The number of unbranched alkanes of at least 4 members (excludes halogenated alkanes) is 5. The quantitative estimate of drug-likeness (QED) is 0.520. The zero-order chi connectivity index (χ0) is 13.8. The van der Waals surface area contributed by atoms with Gasteiger partial charge in [0, 0.05) is 6.04 Å². The molecule has 0 heterocycles. The molecule has 0 aliphatic carbocycles. The van der Waals surface area contributed by atoms with Gasteiger partial charge >= 0.3 is 5.97 Å². The van der Waals surface area contributed by atoms with E-state index in [2.05, 4.69) is 13.8 Å². The minimum Gasteiger partial charge on any atom is -0.481 e. The summed E-state index contributed by atoms with van der Waals surface area (Å²) in [6.45, 7) is 4.32. The summed E-state index contributed by atoms with van der Waals surface area (Å²) in [5.41, 5.74) is 5.99. The molecule has 0 rings (SSSR count). The van der Waals surface area contributed by atoms with Gasteiger partial charge in [0.1, 0.15) is 0 Å². The van der Waals surface area contributed by atoms with Crippen molar-refractivity contribution in [1.29, 1.82) is 0 Å². The maximum absolute atomic E-state index is 11.2. The number of carboxylic acids is 1. The van der Waals surface area contributed by atoms with Crippen LogP contribution in [-0.2, 0) is 4.79 Å². The highest BCUT2D eigenvalue weighted by atomic mass is 16.4. The highest BCUT2D eigenvalue weighted by Gasteiger charge is 2.19. The lowest BCUT2D eigenvalue weighted by atomic mass is 9.92. The van der Waals surface area contributed by atoms with Crippen molar-refractivity contribution in [3.63, 3.8) is 0 Å². The maximum Gasteiger partial charge on any atom is 0.306 e. The molecule has 0 aromatic carbocycles. The molecule has 0 saturated carbocycles. The van der Waals surface area contributed by atoms with Crippen LogP contribution in [0.1, 0.15) is 78.1 Å². The van der Waals surface area contributed by atoms with Gasteiger partial charge in [-0.3, -0.25) is 4.79 Å². The predicted molar refractivity (Wildman–Crippen MR) is 76.6 cm³/mol. The number of hydrogen-bond donors (Lipinski definition) is 2. The number of nitrogens with two attached hydrogens (primary N) is 1. The van der Waals surface area contributed by atoms with Gasteiger partial charge in [0.15, 0.2) is 0 Å². The smallest absolute Gasteiger partial charge is 0.306 e. The first-order valence-corrected chi connectivity index (χ1v) is 7.60. The van der Waals surface area contributed by atoms with Gasteiger partial charge in [-0.05, 0) is 19.3 Å². The zero-order valence-corrected chi connectivity index (χ0v) is 12.2. The molecule has 2 atom stereocenters. The van der Waals surface area contributed by atoms with Gasteiger partial charge < -0.3 is 10.8 Å². The predicted octanol–water partition coefficient (Wildman–Crippen LogP) is 3.96. The standard InChI is InChI=1S/C15H31NO2/c1-3-5-7-8-9-10-13(15(17)18)12-14(16)11-6-4-2/h13-14H,3-12,16H2,1-2H3,(H,17,18). The second-order valence-corrected chi connectivity index (χ2v) is 5.38. The Labute approximate surface area is 112 Å². The highest BCUT2D eigenvalue weighted by molar-refractivity contribution is 5.69. The average Bonchev–Trinajstić information content (AvgIpc) is 2.34. The molecule has 0 spiro atoms. The molecule has 2 unspecified atom stereocenters. The van der Waals surface area contributed by atoms with Crippen LogP contribution in [0.3, 0.4) is 0 Å². The van der Waals surface area contributed by atoms with Crippen molar-refractivity contribution in [2.45, 2.75) is 84.1 Å². The Kier molecular flexibility index (Phi) is 11.2. The Morgan fingerprint density at radius 1 is 1.00 bits per heavy atom. The molecule has 0 radical (unpaired) electrons. The molecule has 108 valence electrons. The van der Waals surface area contributed by atoms with Crippen LogP contribution in [0.2, 0.25) is 0 Å². The average molecular weight is 257 g/mol. The van der Waals surface area contributed by atoms with E-state index < -0.39 is 5.97 Å². The SMILES string of the molecule is CCCCCCCC(CC(N)CCCC)C(=O)O. The van der Waals surface area contributed by atoms with E-state index in [9.17, 15) is 9.90 Å². The van der Waals surface area contributed by atoms with Gasteiger partial charge in [-0.15, -0.1) is 0 Å². The largest absolute Gasteiger partial charge is 0.481 e. The molecule has 0 aliphatic rings. The first-order chi connectivity index (χ1) is 8.61. The lowest BCUT2D eigenvalue weighted by molar-refractivity contribution is -0.142. The van der Waals surface area contributed by atoms with Crippen LogP contribution in [0.15, 0.2) is 0 Å². The summed E-state index contributed by atoms with van der Waals surface area (Å²) < 4.78 is 0. The summed E-state index contributed by atoms with van der Waals surface area (Å²) in [5, 5.41) is 9.19. The molecule has 0 bridgehead atoms. The molecule has 0 amide bonds. The number of hydrogen-bond acceptors (Lipinski definition) is 2. The molecule has 3 N–H and O–H groups in total. The van der Waals surface area contributed by atoms with Crippen LogP contribution in [0.25, 0.3) is 0 Å². The van der Waals surface area contributed by atoms with E-state index in [1.807, 2.05) is 0 Å². The fraction of sp³-hybridized carbons (Fsp3) is 0.933. The Hall–Kier alpha value is -0.570. The highest BCUT2D eigenvalue weighted by Crippen LogP contribution is 2.18. The second kappa shape index (κ2) is 11.5. The topological polar surface area (TPSA) is 63.3 Å². The van der Waals surface area contributed by atoms with E-state index >= 15 is 0 Å². The van der Waals surface area contributed by atoms with Crippen molar-refractivity contribution in [3.05, 3.63) is 0 Å². The first-order valence-electron chi connectivity index (χ1n) is 7.60. The molecule has 3 heteroatoms. The van der Waals surface area contributed by atoms with E-state index in [0.29, 0.717) is 6.42 Å². The third-order valence-corrected chi connectivity index (χ3v) is 3.52. The molecule has 3 nitrogen and oxygen atoms in total. The van der Waals surface area contributed by atoms with Gasteiger partial charge in [-0.2, -0.15) is 0 Å². The van der Waals surface area contributed by atoms with Gasteiger partial charge in [-0.1, -0.05) is 58.8 Å². The Balaban J connectivity index is 3.81. The summed E-state index contributed by atoms with van der Waals surface area (Å²) in [7, 11) is 0. The van der Waals surface area contributed by atoms with Gasteiger partial charge in [0.05, 0.1) is 5.92 Å². The van der Waals surface area contributed by atoms with Crippen molar-refractivity contribution in [3.8, 4) is 0 Å². The van der Waals surface area contributed by atoms with Crippen LogP contribution >= 0.6 is 0 Å². The van der Waals surface area contributed by atoms with Crippen LogP contribution in [-0.4, -0.2) is 17.1 Å². The van der Waals surface area contributed by atoms with Crippen molar-refractivity contribution in [2.75, 3.05) is 0 Å². The summed E-state index contributed by atoms with van der Waals surface area (Å²) in [4.78, 5) is 11.2. The van der Waals surface area contributed by atoms with E-state index in [1.165, 1.54) is 19.3 Å². The minimum absolute atomic E-state index is 0.0571. The van der Waals surface area contributed by atoms with E-state index in [1.54, 1.807) is 0 Å². The van der Waals surface area contributed by atoms with Crippen molar-refractivity contribution in [2.24, 2.45) is 11.7 Å². The van der Waals surface area contributed by atoms with Crippen molar-refractivity contribution < 1.29 is 9.90 Å². The second-order valence-electron chi connectivity index (χ2n) is 5.38. The zero-order valence-electron chi connectivity index (χ0n) is 12.2. The van der Waals surface area contributed by atoms with Crippen molar-refractivity contribution >= 4 is 5.97 Å². The molecule has 18 heavy (non-hydrogen) atoms. The fourth-order valence-electron chi connectivity index (χ4n) is 2.29. The van der Waals surface area contributed by atoms with Crippen LogP contribution in [0.4, 0.5) is 0 Å². The third kappa shape index (κ3) is 9.46. The lowest BCUT2D eigenvalue weighted by Gasteiger charge is -2.17. The molecule has 0 aliphatic heterocycles. The maximum atomic E-state index is 11.2. The third-order valence-electron chi connectivity index (χ3n) is 3.52.